The predicted molar refractivity (Wildman–Crippen MR) is 144 cm³/mol. The van der Waals surface area contributed by atoms with Crippen LogP contribution < -0.4 is 21.7 Å². The van der Waals surface area contributed by atoms with Gasteiger partial charge in [0.2, 0.25) is 5.91 Å². The van der Waals surface area contributed by atoms with E-state index in [0.29, 0.717) is 13.0 Å². The van der Waals surface area contributed by atoms with E-state index >= 15 is 0 Å². The van der Waals surface area contributed by atoms with Crippen LogP contribution in [0.1, 0.15) is 87.0 Å². The van der Waals surface area contributed by atoms with E-state index in [0.717, 1.165) is 32.1 Å². The Bertz CT molecular complexity index is 714. The zero-order valence-corrected chi connectivity index (χ0v) is 23.5. The Morgan fingerprint density at radius 1 is 1.23 bits per heavy atom. The van der Waals surface area contributed by atoms with E-state index in [1.54, 1.807) is 0 Å². The molecule has 0 saturated heterocycles. The summed E-state index contributed by atoms with van der Waals surface area (Å²) in [6.45, 7) is 14.0. The number of hydrogen-bond donors (Lipinski definition) is 7. The first kappa shape index (κ1) is 31.5. The Morgan fingerprint density at radius 2 is 1.83 bits per heavy atom. The summed E-state index contributed by atoms with van der Waals surface area (Å²) in [5.41, 5.74) is 5.13. The van der Waals surface area contributed by atoms with Gasteiger partial charge in [0.1, 0.15) is 4.93 Å². The average molecular weight is 516 g/mol. The molecule has 1 aliphatic rings. The van der Waals surface area contributed by atoms with Gasteiger partial charge in [-0.05, 0) is 46.0 Å². The zero-order chi connectivity index (χ0) is 27.0. The molecule has 10 heteroatoms. The van der Waals surface area contributed by atoms with E-state index in [1.165, 1.54) is 6.92 Å². The molecule has 7 N–H and O–H groups in total. The normalized spacial score (nSPS) is 25.2. The minimum absolute atomic E-state index is 0.145. The molecule has 204 valence electrons. The molecule has 35 heavy (non-hydrogen) atoms. The first-order chi connectivity index (χ1) is 16.2. The standard InChI is InChI=1S/C25H49N5O4S/c1-8-11-12-25(7,35)34-14-24(5,6)30-21-17(22(32)33)13-18(29-23(26)27)19(21)20(28-15(4)31)16(9-2)10-3/h16-21,30,35H,8-14H2,1-7H3,(H,28,31)(H,32,33)(H4,26,27,29)/t17-,18+,19+,20+,21+,25?/m0/s1. The van der Waals surface area contributed by atoms with Crippen molar-refractivity contribution in [1.29, 1.82) is 5.41 Å². The number of aliphatic carboxylic acids is 1. The van der Waals surface area contributed by atoms with Crippen molar-refractivity contribution in [1.82, 2.24) is 16.0 Å². The highest BCUT2D eigenvalue weighted by molar-refractivity contribution is 7.81. The number of guanidine groups is 1. The van der Waals surface area contributed by atoms with Crippen molar-refractivity contribution < 1.29 is 19.4 Å². The molecule has 0 radical (unpaired) electrons. The zero-order valence-electron chi connectivity index (χ0n) is 22.6. The van der Waals surface area contributed by atoms with Crippen molar-refractivity contribution in [2.75, 3.05) is 6.61 Å². The van der Waals surface area contributed by atoms with Gasteiger partial charge in [-0.3, -0.25) is 15.0 Å². The average Bonchev–Trinajstić information content (AvgIpc) is 3.07. The molecule has 0 aliphatic heterocycles. The molecule has 0 aromatic heterocycles. The van der Waals surface area contributed by atoms with Crippen LogP contribution in [0.2, 0.25) is 0 Å². The maximum absolute atomic E-state index is 12.4. The van der Waals surface area contributed by atoms with E-state index in [-0.39, 0.29) is 35.8 Å². The number of amides is 1. The molecule has 9 nitrogen and oxygen atoms in total. The van der Waals surface area contributed by atoms with E-state index in [4.69, 9.17) is 15.9 Å². The summed E-state index contributed by atoms with van der Waals surface area (Å²) in [6.07, 6.45) is 4.83. The molecule has 6 atom stereocenters. The van der Waals surface area contributed by atoms with Crippen LogP contribution in [-0.2, 0) is 14.3 Å². The Hall–Kier alpha value is -1.52. The van der Waals surface area contributed by atoms with Gasteiger partial charge in [0.05, 0.1) is 12.5 Å². The fraction of sp³-hybridized carbons (Fsp3) is 0.880. The number of hydrogen-bond acceptors (Lipinski definition) is 6. The summed E-state index contributed by atoms with van der Waals surface area (Å²) >= 11 is 4.68. The highest BCUT2D eigenvalue weighted by atomic mass is 32.1. The first-order valence-corrected chi connectivity index (χ1v) is 13.4. The maximum atomic E-state index is 12.4. The molecule has 1 aliphatic carbocycles. The largest absolute Gasteiger partial charge is 0.481 e. The smallest absolute Gasteiger partial charge is 0.308 e. The van der Waals surface area contributed by atoms with Gasteiger partial charge in [0, 0.05) is 36.5 Å². The van der Waals surface area contributed by atoms with Gasteiger partial charge >= 0.3 is 5.97 Å². The van der Waals surface area contributed by atoms with E-state index in [9.17, 15) is 14.7 Å². The minimum atomic E-state index is -0.912. The lowest BCUT2D eigenvalue weighted by molar-refractivity contribution is -0.142. The number of unbranched alkanes of at least 4 members (excludes halogenated alkanes) is 1. The molecule has 0 aromatic carbocycles. The van der Waals surface area contributed by atoms with Crippen LogP contribution in [0.4, 0.5) is 0 Å². The van der Waals surface area contributed by atoms with Gasteiger partial charge in [0.15, 0.2) is 5.96 Å². The summed E-state index contributed by atoms with van der Waals surface area (Å²) in [6, 6.07) is -1.13. The van der Waals surface area contributed by atoms with Crippen LogP contribution in [0.5, 0.6) is 0 Å². The summed E-state index contributed by atoms with van der Waals surface area (Å²) in [4.78, 5) is 24.0. The topological polar surface area (TPSA) is 150 Å². The van der Waals surface area contributed by atoms with Gasteiger partial charge in [-0.2, -0.15) is 0 Å². The second kappa shape index (κ2) is 13.7. The van der Waals surface area contributed by atoms with Gasteiger partial charge in [-0.25, -0.2) is 0 Å². The molecule has 1 amide bonds. The van der Waals surface area contributed by atoms with Crippen molar-refractivity contribution in [3.8, 4) is 0 Å². The van der Waals surface area contributed by atoms with Crippen LogP contribution in [0, 0.1) is 23.2 Å². The fourth-order valence-corrected chi connectivity index (χ4v) is 5.56. The highest BCUT2D eigenvalue weighted by Crippen LogP contribution is 2.39. The lowest BCUT2D eigenvalue weighted by atomic mass is 9.78. The Balaban J connectivity index is 3.34. The molecule has 0 heterocycles. The fourth-order valence-electron chi connectivity index (χ4n) is 5.34. The predicted octanol–water partition coefficient (Wildman–Crippen LogP) is 3.09. The van der Waals surface area contributed by atoms with Crippen molar-refractivity contribution >= 4 is 30.5 Å². The number of carboxylic acid groups (broad SMARTS) is 1. The Labute approximate surface area is 217 Å². The van der Waals surface area contributed by atoms with Crippen LogP contribution >= 0.6 is 12.6 Å². The first-order valence-electron chi connectivity index (χ1n) is 12.9. The van der Waals surface area contributed by atoms with Gasteiger partial charge in [-0.15, -0.1) is 12.6 Å². The lowest BCUT2D eigenvalue weighted by Crippen LogP contribution is -2.61. The van der Waals surface area contributed by atoms with Gasteiger partial charge < -0.3 is 31.5 Å². The van der Waals surface area contributed by atoms with Crippen LogP contribution in [-0.4, -0.2) is 58.1 Å². The molecular weight excluding hydrogens is 466 g/mol. The SMILES string of the molecule is CCCCC(C)(S)OCC(C)(C)N[C@H]1[C@@H]([C@H](NC(C)=O)C(CC)CC)[C@H](NC(=N)N)C[C@@H]1C(=O)O. The summed E-state index contributed by atoms with van der Waals surface area (Å²) in [5.74, 6) is -2.15. The van der Waals surface area contributed by atoms with Crippen LogP contribution in [0.15, 0.2) is 0 Å². The van der Waals surface area contributed by atoms with E-state index in [1.807, 2.05) is 20.8 Å². The van der Waals surface area contributed by atoms with Crippen molar-refractivity contribution in [2.24, 2.45) is 23.5 Å². The molecule has 1 saturated carbocycles. The lowest BCUT2D eigenvalue weighted by Gasteiger charge is -2.42. The minimum Gasteiger partial charge on any atom is -0.481 e. The molecule has 1 fully saturated rings. The summed E-state index contributed by atoms with van der Waals surface area (Å²) in [5, 5.41) is 27.6. The van der Waals surface area contributed by atoms with Crippen LogP contribution in [0.3, 0.4) is 0 Å². The van der Waals surface area contributed by atoms with Gasteiger partial charge in [-0.1, -0.05) is 40.0 Å². The van der Waals surface area contributed by atoms with Crippen molar-refractivity contribution in [3.05, 3.63) is 0 Å². The molecule has 0 bridgehead atoms. The van der Waals surface area contributed by atoms with E-state index in [2.05, 4.69) is 49.4 Å². The third-order valence-corrected chi connectivity index (χ3v) is 7.47. The van der Waals surface area contributed by atoms with Crippen molar-refractivity contribution in [3.63, 3.8) is 0 Å². The second-order valence-electron chi connectivity index (χ2n) is 10.8. The third-order valence-electron chi connectivity index (χ3n) is 7.12. The third kappa shape index (κ3) is 9.80. The van der Waals surface area contributed by atoms with Gasteiger partial charge in [0.25, 0.3) is 0 Å². The molecular formula is C25H49N5O4S. The quantitative estimate of drug-likeness (QED) is 0.0766. The number of carbonyl (C=O) groups excluding carboxylic acids is 1. The molecule has 1 unspecified atom stereocenters. The number of rotatable bonds is 15. The number of nitrogens with two attached hydrogens (primary N) is 1. The molecule has 0 aromatic rings. The summed E-state index contributed by atoms with van der Waals surface area (Å²) < 4.78 is 6.16. The highest BCUT2D eigenvalue weighted by Gasteiger charge is 2.52. The van der Waals surface area contributed by atoms with Crippen LogP contribution in [0.25, 0.3) is 0 Å². The summed E-state index contributed by atoms with van der Waals surface area (Å²) in [7, 11) is 0. The van der Waals surface area contributed by atoms with E-state index < -0.39 is 28.4 Å². The molecule has 1 rings (SSSR count). The number of thiol groups is 1. The number of ether oxygens (including phenoxy) is 1. The monoisotopic (exact) mass is 515 g/mol. The molecule has 0 spiro atoms. The Morgan fingerprint density at radius 3 is 2.29 bits per heavy atom. The number of nitrogens with one attached hydrogen (secondary N) is 4. The number of carbonyl (C=O) groups is 2. The Kier molecular flexibility index (Phi) is 12.3. The van der Waals surface area contributed by atoms with Crippen molar-refractivity contribution in [2.45, 2.75) is 116 Å². The number of carboxylic acids is 1. The maximum Gasteiger partial charge on any atom is 0.308 e. The second-order valence-corrected chi connectivity index (χ2v) is 11.8.